The summed E-state index contributed by atoms with van der Waals surface area (Å²) in [6.45, 7) is 1.04. The minimum atomic E-state index is -4.68. The molecule has 0 aromatic heterocycles. The van der Waals surface area contributed by atoms with E-state index in [4.69, 9.17) is 28.9 Å². The Bertz CT molecular complexity index is 633. The first-order valence-corrected chi connectivity index (χ1v) is 7.89. The zero-order valence-electron chi connectivity index (χ0n) is 11.1. The summed E-state index contributed by atoms with van der Waals surface area (Å²) in [5, 5.41) is -0.374. The van der Waals surface area contributed by atoms with Crippen LogP contribution < -0.4 is 5.73 Å². The second-order valence-corrected chi connectivity index (χ2v) is 7.18. The molecule has 0 saturated heterocycles. The number of nitrogen functional groups attached to an aromatic ring is 1. The van der Waals surface area contributed by atoms with Crippen LogP contribution in [0.1, 0.15) is 13.8 Å². The molecule has 0 amide bonds. The summed E-state index contributed by atoms with van der Waals surface area (Å²) in [6, 6.07) is 1.29. The van der Waals surface area contributed by atoms with Crippen molar-refractivity contribution in [1.82, 2.24) is 4.31 Å². The molecule has 0 aliphatic carbocycles. The fourth-order valence-corrected chi connectivity index (χ4v) is 3.96. The molecule has 0 fully saturated rings. The minimum absolute atomic E-state index is 0.0193. The number of hydrogen-bond donors (Lipinski definition) is 1. The van der Waals surface area contributed by atoms with E-state index in [2.05, 4.69) is 0 Å². The molecule has 0 aliphatic rings. The maximum absolute atomic E-state index is 12.6. The highest BCUT2D eigenvalue weighted by atomic mass is 35.5. The van der Waals surface area contributed by atoms with Crippen molar-refractivity contribution in [3.8, 4) is 0 Å². The van der Waals surface area contributed by atoms with Crippen LogP contribution in [0.25, 0.3) is 0 Å². The van der Waals surface area contributed by atoms with E-state index in [1.54, 1.807) is 0 Å². The highest BCUT2D eigenvalue weighted by Crippen LogP contribution is 2.35. The van der Waals surface area contributed by atoms with Gasteiger partial charge in [-0.25, -0.2) is 8.42 Å². The lowest BCUT2D eigenvalue weighted by Crippen LogP contribution is -2.43. The van der Waals surface area contributed by atoms with Gasteiger partial charge in [-0.1, -0.05) is 23.2 Å². The van der Waals surface area contributed by atoms with Crippen LogP contribution in [0.15, 0.2) is 17.0 Å². The molecule has 1 aromatic rings. The molecule has 1 aromatic carbocycles. The normalized spacial score (nSPS) is 13.2. The summed E-state index contributed by atoms with van der Waals surface area (Å²) in [5.74, 6) is 0. The number of halogens is 5. The summed E-state index contributed by atoms with van der Waals surface area (Å²) >= 11 is 11.5. The van der Waals surface area contributed by atoms with Gasteiger partial charge in [0.25, 0.3) is 0 Å². The Kier molecular flexibility index (Phi) is 5.41. The van der Waals surface area contributed by atoms with Gasteiger partial charge in [0, 0.05) is 6.04 Å². The van der Waals surface area contributed by atoms with Crippen LogP contribution >= 0.6 is 23.2 Å². The molecule has 0 heterocycles. The zero-order chi connectivity index (χ0) is 16.6. The summed E-state index contributed by atoms with van der Waals surface area (Å²) < 4.78 is 62.8. The molecule has 21 heavy (non-hydrogen) atoms. The molecule has 2 N–H and O–H groups in total. The molecule has 0 saturated carbocycles. The van der Waals surface area contributed by atoms with Gasteiger partial charge >= 0.3 is 6.18 Å². The Labute approximate surface area is 130 Å². The molecule has 0 aliphatic heterocycles. The van der Waals surface area contributed by atoms with Crippen LogP contribution in [0.5, 0.6) is 0 Å². The predicted molar refractivity (Wildman–Crippen MR) is 76.0 cm³/mol. The van der Waals surface area contributed by atoms with Crippen LogP contribution in [-0.2, 0) is 10.0 Å². The largest absolute Gasteiger partial charge is 0.402 e. The number of alkyl halides is 3. The van der Waals surface area contributed by atoms with Crippen molar-refractivity contribution in [2.45, 2.75) is 31.0 Å². The number of rotatable bonds is 4. The summed E-state index contributed by atoms with van der Waals surface area (Å²) in [5.41, 5.74) is 5.31. The molecular formula is C11H13Cl2F3N2O2S. The van der Waals surface area contributed by atoms with Crippen LogP contribution in [0.3, 0.4) is 0 Å². The third kappa shape index (κ3) is 4.15. The number of nitrogens with two attached hydrogens (primary N) is 1. The highest BCUT2D eigenvalue weighted by molar-refractivity contribution is 7.89. The minimum Gasteiger partial charge on any atom is -0.396 e. The quantitative estimate of drug-likeness (QED) is 0.831. The van der Waals surface area contributed by atoms with E-state index in [9.17, 15) is 21.6 Å². The summed E-state index contributed by atoms with van der Waals surface area (Å²) in [7, 11) is -4.46. The third-order valence-corrected chi connectivity index (χ3v) is 5.50. The van der Waals surface area contributed by atoms with Crippen LogP contribution in [0.4, 0.5) is 18.9 Å². The molecule has 10 heteroatoms. The van der Waals surface area contributed by atoms with Gasteiger partial charge in [-0.2, -0.15) is 17.5 Å². The van der Waals surface area contributed by atoms with E-state index in [-0.39, 0.29) is 10.7 Å². The summed E-state index contributed by atoms with van der Waals surface area (Å²) in [6.07, 6.45) is -4.68. The number of anilines is 1. The number of nitrogens with zero attached hydrogens (tertiary/aromatic N) is 1. The van der Waals surface area contributed by atoms with E-state index in [0.29, 0.717) is 4.31 Å². The maximum Gasteiger partial charge on any atom is 0.402 e. The van der Waals surface area contributed by atoms with E-state index >= 15 is 0 Å². The number of benzene rings is 1. The Morgan fingerprint density at radius 2 is 1.81 bits per heavy atom. The van der Waals surface area contributed by atoms with Gasteiger partial charge in [0.15, 0.2) is 0 Å². The SMILES string of the molecule is CC(C)N(CC(F)(F)F)S(=O)(=O)c1ccc(Cl)c(N)c1Cl. The standard InChI is InChI=1S/C11H13Cl2F3N2O2S/c1-6(2)18(5-11(14,15)16)21(19,20)8-4-3-7(12)10(17)9(8)13/h3-4,6H,5,17H2,1-2H3. The van der Waals surface area contributed by atoms with E-state index < -0.39 is 38.7 Å². The first kappa shape index (κ1) is 18.3. The van der Waals surface area contributed by atoms with Crippen molar-refractivity contribution in [2.75, 3.05) is 12.3 Å². The lowest BCUT2D eigenvalue weighted by atomic mass is 10.3. The van der Waals surface area contributed by atoms with Gasteiger partial charge in [-0.3, -0.25) is 0 Å². The molecule has 0 bridgehead atoms. The van der Waals surface area contributed by atoms with E-state index in [1.807, 2.05) is 0 Å². The number of hydrogen-bond acceptors (Lipinski definition) is 3. The Morgan fingerprint density at radius 1 is 1.29 bits per heavy atom. The molecule has 0 spiro atoms. The van der Waals surface area contributed by atoms with E-state index in [0.717, 1.165) is 6.07 Å². The van der Waals surface area contributed by atoms with Crippen LogP contribution in [0, 0.1) is 0 Å². The van der Waals surface area contributed by atoms with E-state index in [1.165, 1.54) is 19.9 Å². The van der Waals surface area contributed by atoms with Crippen molar-refractivity contribution in [3.63, 3.8) is 0 Å². The zero-order valence-corrected chi connectivity index (χ0v) is 13.4. The average Bonchev–Trinajstić information content (AvgIpc) is 2.31. The van der Waals surface area contributed by atoms with Gasteiger partial charge < -0.3 is 5.73 Å². The van der Waals surface area contributed by atoms with Gasteiger partial charge in [-0.15, -0.1) is 0 Å². The van der Waals surface area contributed by atoms with Crippen LogP contribution in [0.2, 0.25) is 10.0 Å². The first-order chi connectivity index (χ1) is 9.38. The maximum atomic E-state index is 12.6. The Hall–Kier alpha value is -0.700. The fraction of sp³-hybridized carbons (Fsp3) is 0.455. The second kappa shape index (κ2) is 6.20. The third-order valence-electron chi connectivity index (χ3n) is 2.59. The van der Waals surface area contributed by atoms with Gasteiger partial charge in [0.2, 0.25) is 10.0 Å². The van der Waals surface area contributed by atoms with Crippen molar-refractivity contribution in [3.05, 3.63) is 22.2 Å². The lowest BCUT2D eigenvalue weighted by Gasteiger charge is -2.27. The highest BCUT2D eigenvalue weighted by Gasteiger charge is 2.39. The van der Waals surface area contributed by atoms with Gasteiger partial charge in [-0.05, 0) is 26.0 Å². The van der Waals surface area contributed by atoms with Gasteiger partial charge in [0.05, 0.1) is 15.7 Å². The van der Waals surface area contributed by atoms with Crippen molar-refractivity contribution in [2.24, 2.45) is 0 Å². The smallest absolute Gasteiger partial charge is 0.396 e. The molecule has 1 rings (SSSR count). The fourth-order valence-electron chi connectivity index (χ4n) is 1.60. The molecule has 0 unspecified atom stereocenters. The Balaban J connectivity index is 3.41. The van der Waals surface area contributed by atoms with Crippen molar-refractivity contribution in [1.29, 1.82) is 0 Å². The monoisotopic (exact) mass is 364 g/mol. The molecule has 0 radical (unpaired) electrons. The number of sulfonamides is 1. The second-order valence-electron chi connectivity index (χ2n) is 4.53. The lowest BCUT2D eigenvalue weighted by molar-refractivity contribution is -0.138. The Morgan fingerprint density at radius 3 is 2.24 bits per heavy atom. The molecular weight excluding hydrogens is 352 g/mol. The van der Waals surface area contributed by atoms with Crippen molar-refractivity contribution >= 4 is 38.9 Å². The summed E-state index contributed by atoms with van der Waals surface area (Å²) in [4.78, 5) is -0.510. The average molecular weight is 365 g/mol. The van der Waals surface area contributed by atoms with Gasteiger partial charge in [0.1, 0.15) is 11.4 Å². The topological polar surface area (TPSA) is 63.4 Å². The molecule has 0 atom stereocenters. The predicted octanol–water partition coefficient (Wildman–Crippen LogP) is 3.54. The first-order valence-electron chi connectivity index (χ1n) is 5.70. The van der Waals surface area contributed by atoms with Crippen LogP contribution in [-0.4, -0.2) is 31.5 Å². The molecule has 120 valence electrons. The molecule has 4 nitrogen and oxygen atoms in total. The van der Waals surface area contributed by atoms with Crippen molar-refractivity contribution < 1.29 is 21.6 Å².